The van der Waals surface area contributed by atoms with Gasteiger partial charge < -0.3 is 4.90 Å². The number of rotatable bonds is 4. The third-order valence-electron chi connectivity index (χ3n) is 3.69. The monoisotopic (exact) mass is 307 g/mol. The van der Waals surface area contributed by atoms with Crippen LogP contribution < -0.4 is 4.90 Å². The fourth-order valence-corrected chi connectivity index (χ4v) is 2.68. The van der Waals surface area contributed by atoms with Crippen LogP contribution in [0.1, 0.15) is 29.7 Å². The highest BCUT2D eigenvalue weighted by molar-refractivity contribution is 6.30. The molecule has 1 nitrogen and oxygen atoms in total. The fourth-order valence-electron chi connectivity index (χ4n) is 2.34. The molecule has 2 aromatic rings. The number of hydrogen-bond acceptors (Lipinski definition) is 1. The molecule has 0 bridgehead atoms. The molecule has 0 spiro atoms. The van der Waals surface area contributed by atoms with Crippen molar-refractivity contribution in [2.24, 2.45) is 0 Å². The highest BCUT2D eigenvalue weighted by Gasteiger charge is 2.15. The zero-order valence-electron chi connectivity index (χ0n) is 12.0. The Morgan fingerprint density at radius 2 is 1.75 bits per heavy atom. The van der Waals surface area contributed by atoms with Gasteiger partial charge in [0.1, 0.15) is 0 Å². The highest BCUT2D eigenvalue weighted by Crippen LogP contribution is 2.30. The Balaban J connectivity index is 2.30. The summed E-state index contributed by atoms with van der Waals surface area (Å²) >= 11 is 12.0. The van der Waals surface area contributed by atoms with E-state index >= 15 is 0 Å². The molecule has 1 unspecified atom stereocenters. The SMILES string of the molecule is Cc1ccc(N(C)C(C)c2ccc(Cl)cc2)c(CCl)c1. The molecule has 0 aromatic heterocycles. The van der Waals surface area contributed by atoms with E-state index in [0.717, 1.165) is 10.6 Å². The average Bonchev–Trinajstić information content (AvgIpc) is 2.46. The fraction of sp³-hybridized carbons (Fsp3) is 0.294. The van der Waals surface area contributed by atoms with Gasteiger partial charge >= 0.3 is 0 Å². The van der Waals surface area contributed by atoms with Gasteiger partial charge in [0.25, 0.3) is 0 Å². The maximum Gasteiger partial charge on any atom is 0.0511 e. The maximum atomic E-state index is 6.08. The molecule has 0 saturated heterocycles. The molecule has 2 aromatic carbocycles. The summed E-state index contributed by atoms with van der Waals surface area (Å²) in [5.41, 5.74) is 4.80. The number of aryl methyl sites for hydroxylation is 1. The second kappa shape index (κ2) is 6.51. The molecule has 0 aliphatic heterocycles. The molecular formula is C17H19Cl2N. The van der Waals surface area contributed by atoms with Gasteiger partial charge in [0, 0.05) is 23.6 Å². The Kier molecular flexibility index (Phi) is 4.95. The number of alkyl halides is 1. The van der Waals surface area contributed by atoms with E-state index in [1.807, 2.05) is 12.1 Å². The minimum Gasteiger partial charge on any atom is -0.368 e. The van der Waals surface area contributed by atoms with Gasteiger partial charge in [-0.2, -0.15) is 0 Å². The van der Waals surface area contributed by atoms with Crippen LogP contribution >= 0.6 is 23.2 Å². The zero-order valence-corrected chi connectivity index (χ0v) is 13.5. The van der Waals surface area contributed by atoms with Crippen molar-refractivity contribution in [3.8, 4) is 0 Å². The van der Waals surface area contributed by atoms with Crippen molar-refractivity contribution >= 4 is 28.9 Å². The molecule has 0 fully saturated rings. The van der Waals surface area contributed by atoms with E-state index in [9.17, 15) is 0 Å². The smallest absolute Gasteiger partial charge is 0.0511 e. The van der Waals surface area contributed by atoms with Crippen LogP contribution in [0.25, 0.3) is 0 Å². The van der Waals surface area contributed by atoms with Crippen LogP contribution in [0.5, 0.6) is 0 Å². The topological polar surface area (TPSA) is 3.24 Å². The lowest BCUT2D eigenvalue weighted by molar-refractivity contribution is 0.737. The van der Waals surface area contributed by atoms with Gasteiger partial charge in [-0.25, -0.2) is 0 Å². The highest BCUT2D eigenvalue weighted by atomic mass is 35.5. The Morgan fingerprint density at radius 1 is 1.10 bits per heavy atom. The average molecular weight is 308 g/mol. The van der Waals surface area contributed by atoms with Crippen LogP contribution in [0, 0.1) is 6.92 Å². The van der Waals surface area contributed by atoms with E-state index in [-0.39, 0.29) is 6.04 Å². The van der Waals surface area contributed by atoms with Gasteiger partial charge in [0.2, 0.25) is 0 Å². The Bertz CT molecular complexity index is 578. The molecule has 0 heterocycles. The Morgan fingerprint density at radius 3 is 2.35 bits per heavy atom. The van der Waals surface area contributed by atoms with Crippen molar-refractivity contribution in [2.75, 3.05) is 11.9 Å². The molecule has 0 radical (unpaired) electrons. The zero-order chi connectivity index (χ0) is 14.7. The largest absolute Gasteiger partial charge is 0.368 e. The third-order valence-corrected chi connectivity index (χ3v) is 4.23. The molecule has 1 atom stereocenters. The minimum absolute atomic E-state index is 0.261. The number of nitrogens with zero attached hydrogens (tertiary/aromatic N) is 1. The second-order valence-corrected chi connectivity index (χ2v) is 5.81. The van der Waals surface area contributed by atoms with Gasteiger partial charge in [0.05, 0.1) is 6.04 Å². The van der Waals surface area contributed by atoms with Gasteiger partial charge in [0.15, 0.2) is 0 Å². The van der Waals surface area contributed by atoms with Crippen LogP contribution in [0.15, 0.2) is 42.5 Å². The number of benzene rings is 2. The van der Waals surface area contributed by atoms with Crippen molar-refractivity contribution in [1.82, 2.24) is 0 Å². The molecule has 0 aliphatic rings. The first-order chi connectivity index (χ1) is 9.52. The van der Waals surface area contributed by atoms with Crippen molar-refractivity contribution in [1.29, 1.82) is 0 Å². The second-order valence-electron chi connectivity index (χ2n) is 5.10. The number of anilines is 1. The predicted octanol–water partition coefficient (Wildman–Crippen LogP) is 5.58. The van der Waals surface area contributed by atoms with Crippen molar-refractivity contribution in [2.45, 2.75) is 25.8 Å². The minimum atomic E-state index is 0.261. The van der Waals surface area contributed by atoms with Crippen molar-refractivity contribution in [3.05, 3.63) is 64.2 Å². The van der Waals surface area contributed by atoms with E-state index in [4.69, 9.17) is 23.2 Å². The summed E-state index contributed by atoms with van der Waals surface area (Å²) in [4.78, 5) is 2.25. The number of halogens is 2. The van der Waals surface area contributed by atoms with E-state index in [0.29, 0.717) is 5.88 Å². The molecule has 106 valence electrons. The van der Waals surface area contributed by atoms with Gasteiger partial charge in [-0.05, 0) is 43.2 Å². The summed E-state index contributed by atoms with van der Waals surface area (Å²) in [5.74, 6) is 0.523. The van der Waals surface area contributed by atoms with Gasteiger partial charge in [-0.15, -0.1) is 11.6 Å². The van der Waals surface area contributed by atoms with Crippen LogP contribution in [-0.2, 0) is 5.88 Å². The molecular weight excluding hydrogens is 289 g/mol. The standard InChI is InChI=1S/C17H19Cl2N/c1-12-4-9-17(15(10-12)11-18)20(3)13(2)14-5-7-16(19)8-6-14/h4-10,13H,11H2,1-3H3. The van der Waals surface area contributed by atoms with Gasteiger partial charge in [-0.3, -0.25) is 0 Å². The first kappa shape index (κ1) is 15.2. The maximum absolute atomic E-state index is 6.08. The summed E-state index contributed by atoms with van der Waals surface area (Å²) in [6.07, 6.45) is 0. The summed E-state index contributed by atoms with van der Waals surface area (Å²) < 4.78 is 0. The molecule has 0 aliphatic carbocycles. The van der Waals surface area contributed by atoms with Gasteiger partial charge in [-0.1, -0.05) is 41.4 Å². The number of hydrogen-bond donors (Lipinski definition) is 0. The molecule has 0 amide bonds. The lowest BCUT2D eigenvalue weighted by atomic mass is 10.0. The van der Waals surface area contributed by atoms with Crippen molar-refractivity contribution < 1.29 is 0 Å². The molecule has 3 heteroatoms. The van der Waals surface area contributed by atoms with Crippen LogP contribution in [0.4, 0.5) is 5.69 Å². The summed E-state index contributed by atoms with van der Waals surface area (Å²) in [5, 5.41) is 0.764. The first-order valence-electron chi connectivity index (χ1n) is 6.66. The van der Waals surface area contributed by atoms with E-state index < -0.39 is 0 Å². The third kappa shape index (κ3) is 3.28. The van der Waals surface area contributed by atoms with E-state index in [1.165, 1.54) is 16.8 Å². The normalized spacial score (nSPS) is 12.2. The van der Waals surface area contributed by atoms with Crippen molar-refractivity contribution in [3.63, 3.8) is 0 Å². The summed E-state index contributed by atoms with van der Waals surface area (Å²) in [6.45, 7) is 4.27. The Labute approximate surface area is 131 Å². The molecule has 20 heavy (non-hydrogen) atoms. The van der Waals surface area contributed by atoms with Crippen LogP contribution in [-0.4, -0.2) is 7.05 Å². The van der Waals surface area contributed by atoms with Crippen LogP contribution in [0.3, 0.4) is 0 Å². The summed E-state index contributed by atoms with van der Waals surface area (Å²) in [7, 11) is 2.10. The quantitative estimate of drug-likeness (QED) is 0.666. The molecule has 0 N–H and O–H groups in total. The van der Waals surface area contributed by atoms with E-state index in [2.05, 4.69) is 56.1 Å². The lowest BCUT2D eigenvalue weighted by Crippen LogP contribution is -2.22. The lowest BCUT2D eigenvalue weighted by Gasteiger charge is -2.29. The summed E-state index contributed by atoms with van der Waals surface area (Å²) in [6, 6.07) is 14.7. The predicted molar refractivity (Wildman–Crippen MR) is 89.0 cm³/mol. The van der Waals surface area contributed by atoms with Crippen LogP contribution in [0.2, 0.25) is 5.02 Å². The molecule has 0 saturated carbocycles. The molecule has 2 rings (SSSR count). The first-order valence-corrected chi connectivity index (χ1v) is 7.58. The van der Waals surface area contributed by atoms with E-state index in [1.54, 1.807) is 0 Å². The Hall–Kier alpha value is -1.18.